The molecule has 1 amide bonds. The van der Waals surface area contributed by atoms with Gasteiger partial charge >= 0.3 is 0 Å². The zero-order chi connectivity index (χ0) is 13.9. The van der Waals surface area contributed by atoms with E-state index in [9.17, 15) is 4.79 Å². The summed E-state index contributed by atoms with van der Waals surface area (Å²) in [6, 6.07) is 2.42. The SMILES string of the molecule is NCC1CCCCC1C(=O)NC1CCCc2sccc21. The van der Waals surface area contributed by atoms with Crippen LogP contribution in [0.5, 0.6) is 0 Å². The predicted molar refractivity (Wildman–Crippen MR) is 82.6 cm³/mol. The molecule has 0 saturated heterocycles. The zero-order valence-corrected chi connectivity index (χ0v) is 12.8. The van der Waals surface area contributed by atoms with Gasteiger partial charge in [-0.2, -0.15) is 0 Å². The van der Waals surface area contributed by atoms with Gasteiger partial charge in [0.1, 0.15) is 0 Å². The standard InChI is InChI=1S/C16H24N2OS/c17-10-11-4-1-2-5-12(11)16(19)18-14-6-3-7-15-13(14)8-9-20-15/h8-9,11-12,14H,1-7,10,17H2,(H,18,19). The molecule has 3 rings (SSSR count). The van der Waals surface area contributed by atoms with Crippen molar-refractivity contribution in [1.82, 2.24) is 5.32 Å². The minimum Gasteiger partial charge on any atom is -0.349 e. The van der Waals surface area contributed by atoms with Crippen LogP contribution in [0, 0.1) is 11.8 Å². The molecule has 1 fully saturated rings. The van der Waals surface area contributed by atoms with Crippen molar-refractivity contribution < 1.29 is 4.79 Å². The molecule has 0 aliphatic heterocycles. The van der Waals surface area contributed by atoms with Crippen molar-refractivity contribution >= 4 is 17.2 Å². The van der Waals surface area contributed by atoms with Crippen LogP contribution >= 0.6 is 11.3 Å². The third kappa shape index (κ3) is 2.77. The lowest BCUT2D eigenvalue weighted by atomic mass is 9.78. The van der Waals surface area contributed by atoms with Gasteiger partial charge in [-0.25, -0.2) is 0 Å². The van der Waals surface area contributed by atoms with Gasteiger partial charge in [0.25, 0.3) is 0 Å². The Balaban J connectivity index is 1.67. The van der Waals surface area contributed by atoms with Crippen molar-refractivity contribution in [3.8, 4) is 0 Å². The fraction of sp³-hybridized carbons (Fsp3) is 0.688. The Morgan fingerprint density at radius 1 is 1.30 bits per heavy atom. The summed E-state index contributed by atoms with van der Waals surface area (Å²) in [5.41, 5.74) is 7.20. The molecule has 0 bridgehead atoms. The molecule has 3 atom stereocenters. The molecule has 3 unspecified atom stereocenters. The van der Waals surface area contributed by atoms with E-state index in [2.05, 4.69) is 16.8 Å². The van der Waals surface area contributed by atoms with Gasteiger partial charge < -0.3 is 11.1 Å². The zero-order valence-electron chi connectivity index (χ0n) is 11.9. The number of nitrogens with one attached hydrogen (secondary N) is 1. The van der Waals surface area contributed by atoms with Crippen LogP contribution in [-0.2, 0) is 11.2 Å². The number of carbonyl (C=O) groups excluding carboxylic acids is 1. The van der Waals surface area contributed by atoms with E-state index in [0.29, 0.717) is 12.5 Å². The van der Waals surface area contributed by atoms with Crippen LogP contribution in [0.25, 0.3) is 0 Å². The fourth-order valence-electron chi connectivity index (χ4n) is 3.75. The van der Waals surface area contributed by atoms with Crippen molar-refractivity contribution in [1.29, 1.82) is 0 Å². The highest BCUT2D eigenvalue weighted by atomic mass is 32.1. The lowest BCUT2D eigenvalue weighted by molar-refractivity contribution is -0.128. The molecule has 2 aliphatic carbocycles. The van der Waals surface area contributed by atoms with Crippen molar-refractivity contribution in [2.45, 2.75) is 51.0 Å². The van der Waals surface area contributed by atoms with Gasteiger partial charge in [-0.15, -0.1) is 11.3 Å². The molecule has 3 N–H and O–H groups in total. The van der Waals surface area contributed by atoms with Gasteiger partial charge in [-0.3, -0.25) is 4.79 Å². The number of hydrogen-bond donors (Lipinski definition) is 2. The molecule has 4 heteroatoms. The van der Waals surface area contributed by atoms with E-state index < -0.39 is 0 Å². The van der Waals surface area contributed by atoms with Crippen LogP contribution in [0.2, 0.25) is 0 Å². The summed E-state index contributed by atoms with van der Waals surface area (Å²) in [5, 5.41) is 5.46. The average Bonchev–Trinajstić information content (AvgIpc) is 2.96. The van der Waals surface area contributed by atoms with Gasteiger partial charge in [0.05, 0.1) is 6.04 Å². The number of aryl methyl sites for hydroxylation is 1. The Morgan fingerprint density at radius 3 is 3.00 bits per heavy atom. The maximum absolute atomic E-state index is 12.6. The van der Waals surface area contributed by atoms with Crippen molar-refractivity contribution in [3.05, 3.63) is 21.9 Å². The molecule has 0 radical (unpaired) electrons. The Labute approximate surface area is 124 Å². The van der Waals surface area contributed by atoms with Gasteiger partial charge in [-0.1, -0.05) is 12.8 Å². The highest BCUT2D eigenvalue weighted by Gasteiger charge is 2.32. The predicted octanol–water partition coefficient (Wildman–Crippen LogP) is 3.01. The summed E-state index contributed by atoms with van der Waals surface area (Å²) in [4.78, 5) is 14.1. The van der Waals surface area contributed by atoms with Crippen molar-refractivity contribution in [3.63, 3.8) is 0 Å². The minimum atomic E-state index is 0.137. The quantitative estimate of drug-likeness (QED) is 0.900. The van der Waals surface area contributed by atoms with Crippen LogP contribution in [0.3, 0.4) is 0 Å². The second kappa shape index (κ2) is 6.27. The van der Waals surface area contributed by atoms with E-state index in [0.717, 1.165) is 19.3 Å². The number of carbonyl (C=O) groups is 1. The number of nitrogens with two attached hydrogens (primary N) is 1. The molecular weight excluding hydrogens is 268 g/mol. The van der Waals surface area contributed by atoms with Crippen LogP contribution in [0.4, 0.5) is 0 Å². The first kappa shape index (κ1) is 14.1. The van der Waals surface area contributed by atoms with E-state index in [1.807, 2.05) is 11.3 Å². The highest BCUT2D eigenvalue weighted by molar-refractivity contribution is 7.10. The van der Waals surface area contributed by atoms with Gasteiger partial charge in [0.2, 0.25) is 5.91 Å². The van der Waals surface area contributed by atoms with E-state index in [1.54, 1.807) is 0 Å². The first-order chi connectivity index (χ1) is 9.79. The molecule has 3 nitrogen and oxygen atoms in total. The molecule has 1 aromatic heterocycles. The summed E-state index contributed by atoms with van der Waals surface area (Å²) >= 11 is 1.83. The summed E-state index contributed by atoms with van der Waals surface area (Å²) in [5.74, 6) is 0.760. The Bertz CT molecular complexity index is 471. The van der Waals surface area contributed by atoms with E-state index >= 15 is 0 Å². The topological polar surface area (TPSA) is 55.1 Å². The second-order valence-electron chi connectivity index (χ2n) is 6.14. The maximum atomic E-state index is 12.6. The minimum absolute atomic E-state index is 0.137. The summed E-state index contributed by atoms with van der Waals surface area (Å²) < 4.78 is 0. The van der Waals surface area contributed by atoms with Crippen LogP contribution in [0.15, 0.2) is 11.4 Å². The Morgan fingerprint density at radius 2 is 2.15 bits per heavy atom. The monoisotopic (exact) mass is 292 g/mol. The number of rotatable bonds is 3. The van der Waals surface area contributed by atoms with Crippen LogP contribution in [-0.4, -0.2) is 12.5 Å². The van der Waals surface area contributed by atoms with E-state index in [-0.39, 0.29) is 17.9 Å². The van der Waals surface area contributed by atoms with E-state index in [1.165, 1.54) is 36.1 Å². The Hall–Kier alpha value is -0.870. The van der Waals surface area contributed by atoms with Gasteiger partial charge in [0, 0.05) is 10.8 Å². The third-order valence-corrected chi connectivity index (χ3v) is 5.91. The van der Waals surface area contributed by atoms with Crippen molar-refractivity contribution in [2.24, 2.45) is 17.6 Å². The molecule has 1 heterocycles. The van der Waals surface area contributed by atoms with E-state index in [4.69, 9.17) is 5.73 Å². The maximum Gasteiger partial charge on any atom is 0.223 e. The fourth-order valence-corrected chi connectivity index (χ4v) is 4.74. The average molecular weight is 292 g/mol. The first-order valence-corrected chi connectivity index (χ1v) is 8.74. The van der Waals surface area contributed by atoms with Gasteiger partial charge in [0.15, 0.2) is 0 Å². The second-order valence-corrected chi connectivity index (χ2v) is 7.14. The summed E-state index contributed by atoms with van der Waals surface area (Å²) in [7, 11) is 0. The Kier molecular flexibility index (Phi) is 4.41. The summed E-state index contributed by atoms with van der Waals surface area (Å²) in [6.07, 6.45) is 7.96. The van der Waals surface area contributed by atoms with Crippen LogP contribution in [0.1, 0.15) is 55.0 Å². The largest absolute Gasteiger partial charge is 0.349 e. The smallest absolute Gasteiger partial charge is 0.223 e. The molecule has 110 valence electrons. The molecule has 0 spiro atoms. The lowest BCUT2D eigenvalue weighted by Gasteiger charge is -2.32. The highest BCUT2D eigenvalue weighted by Crippen LogP contribution is 2.35. The molecule has 20 heavy (non-hydrogen) atoms. The first-order valence-electron chi connectivity index (χ1n) is 7.86. The molecule has 1 aromatic rings. The van der Waals surface area contributed by atoms with Crippen LogP contribution < -0.4 is 11.1 Å². The third-order valence-electron chi connectivity index (χ3n) is 4.92. The number of fused-ring (bicyclic) bond motifs is 1. The number of amides is 1. The number of hydrogen-bond acceptors (Lipinski definition) is 3. The lowest BCUT2D eigenvalue weighted by Crippen LogP contribution is -2.41. The van der Waals surface area contributed by atoms with Crippen molar-refractivity contribution in [2.75, 3.05) is 6.54 Å². The molecule has 0 aromatic carbocycles. The normalized spacial score (nSPS) is 29.8. The molecule has 1 saturated carbocycles. The van der Waals surface area contributed by atoms with Gasteiger partial charge in [-0.05, 0) is 61.6 Å². The molecular formula is C16H24N2OS. The number of thiophene rings is 1. The summed E-state index contributed by atoms with van der Waals surface area (Å²) in [6.45, 7) is 0.645. The molecule has 2 aliphatic rings.